The SMILES string of the molecule is CCOC(=O)N1CCC(NC(=O)COC(=O)/C=C/c2ccccc2OC)CC1. The number of methoxy groups -OCH3 is 1. The summed E-state index contributed by atoms with van der Waals surface area (Å²) in [7, 11) is 1.55. The Bertz CT molecular complexity index is 710. The zero-order chi connectivity index (χ0) is 20.4. The summed E-state index contributed by atoms with van der Waals surface area (Å²) in [5.74, 6) is -0.342. The topological polar surface area (TPSA) is 94.2 Å². The third-order valence-corrected chi connectivity index (χ3v) is 4.27. The van der Waals surface area contributed by atoms with E-state index in [1.165, 1.54) is 6.08 Å². The van der Waals surface area contributed by atoms with E-state index in [4.69, 9.17) is 14.2 Å². The number of rotatable bonds is 7. The molecule has 8 nitrogen and oxygen atoms in total. The summed E-state index contributed by atoms with van der Waals surface area (Å²) in [4.78, 5) is 37.0. The summed E-state index contributed by atoms with van der Waals surface area (Å²) in [6.07, 6.45) is 3.76. The molecule has 1 N–H and O–H groups in total. The van der Waals surface area contributed by atoms with E-state index in [0.29, 0.717) is 38.3 Å². The van der Waals surface area contributed by atoms with E-state index >= 15 is 0 Å². The van der Waals surface area contributed by atoms with Crippen LogP contribution in [-0.2, 0) is 19.1 Å². The Morgan fingerprint density at radius 3 is 2.57 bits per heavy atom. The summed E-state index contributed by atoms with van der Waals surface area (Å²) in [5.41, 5.74) is 0.736. The first-order valence-electron chi connectivity index (χ1n) is 9.22. The molecule has 0 aromatic heterocycles. The third-order valence-electron chi connectivity index (χ3n) is 4.27. The highest BCUT2D eigenvalue weighted by molar-refractivity contribution is 5.89. The number of para-hydroxylation sites is 1. The lowest BCUT2D eigenvalue weighted by molar-refractivity contribution is -0.144. The van der Waals surface area contributed by atoms with Gasteiger partial charge in [0, 0.05) is 30.8 Å². The van der Waals surface area contributed by atoms with Crippen molar-refractivity contribution >= 4 is 24.0 Å². The lowest BCUT2D eigenvalue weighted by Crippen LogP contribution is -2.47. The number of carbonyl (C=O) groups is 3. The molecule has 1 aromatic rings. The standard InChI is InChI=1S/C20H26N2O6/c1-3-27-20(25)22-12-10-16(11-13-22)21-18(23)14-28-19(24)9-8-15-6-4-5-7-17(15)26-2/h4-9,16H,3,10-14H2,1-2H3,(H,21,23)/b9-8+. The van der Waals surface area contributed by atoms with Crippen molar-refractivity contribution in [1.29, 1.82) is 0 Å². The Labute approximate surface area is 164 Å². The van der Waals surface area contributed by atoms with Gasteiger partial charge >= 0.3 is 12.1 Å². The summed E-state index contributed by atoms with van der Waals surface area (Å²) in [6.45, 7) is 2.79. The molecular weight excluding hydrogens is 364 g/mol. The van der Waals surface area contributed by atoms with Crippen molar-refractivity contribution in [2.45, 2.75) is 25.8 Å². The van der Waals surface area contributed by atoms with Crippen molar-refractivity contribution in [2.24, 2.45) is 0 Å². The van der Waals surface area contributed by atoms with Crippen LogP contribution in [0.1, 0.15) is 25.3 Å². The molecule has 0 spiro atoms. The van der Waals surface area contributed by atoms with E-state index in [2.05, 4.69) is 5.32 Å². The van der Waals surface area contributed by atoms with Crippen LogP contribution in [0.2, 0.25) is 0 Å². The second-order valence-corrected chi connectivity index (χ2v) is 6.21. The average Bonchev–Trinajstić information content (AvgIpc) is 2.71. The fraction of sp³-hybridized carbons (Fsp3) is 0.450. The van der Waals surface area contributed by atoms with Crippen LogP contribution in [0.5, 0.6) is 5.75 Å². The van der Waals surface area contributed by atoms with Crippen molar-refractivity contribution in [1.82, 2.24) is 10.2 Å². The number of nitrogens with one attached hydrogen (secondary N) is 1. The van der Waals surface area contributed by atoms with Gasteiger partial charge in [-0.1, -0.05) is 18.2 Å². The van der Waals surface area contributed by atoms with Crippen LogP contribution < -0.4 is 10.1 Å². The lowest BCUT2D eigenvalue weighted by atomic mass is 10.1. The third kappa shape index (κ3) is 6.61. The minimum Gasteiger partial charge on any atom is -0.496 e. The molecule has 1 aliphatic heterocycles. The highest BCUT2D eigenvalue weighted by Crippen LogP contribution is 2.18. The van der Waals surface area contributed by atoms with Crippen LogP contribution in [-0.4, -0.2) is 62.3 Å². The van der Waals surface area contributed by atoms with Gasteiger partial charge in [0.1, 0.15) is 5.75 Å². The van der Waals surface area contributed by atoms with Gasteiger partial charge < -0.3 is 24.4 Å². The fourth-order valence-electron chi connectivity index (χ4n) is 2.84. The van der Waals surface area contributed by atoms with Crippen LogP contribution >= 0.6 is 0 Å². The van der Waals surface area contributed by atoms with E-state index in [1.54, 1.807) is 37.1 Å². The molecule has 1 aromatic carbocycles. The normalized spacial score (nSPS) is 14.6. The number of hydrogen-bond acceptors (Lipinski definition) is 6. The maximum Gasteiger partial charge on any atom is 0.409 e. The van der Waals surface area contributed by atoms with Crippen molar-refractivity contribution < 1.29 is 28.6 Å². The fourth-order valence-corrected chi connectivity index (χ4v) is 2.84. The number of hydrogen-bond donors (Lipinski definition) is 1. The molecular formula is C20H26N2O6. The number of benzene rings is 1. The Balaban J connectivity index is 1.70. The van der Waals surface area contributed by atoms with Gasteiger partial charge in [0.25, 0.3) is 5.91 Å². The maximum absolute atomic E-state index is 12.0. The van der Waals surface area contributed by atoms with Gasteiger partial charge in [-0.15, -0.1) is 0 Å². The number of nitrogens with zero attached hydrogens (tertiary/aromatic N) is 1. The summed E-state index contributed by atoms with van der Waals surface area (Å²) < 4.78 is 15.1. The second kappa shape index (κ2) is 11.0. The van der Waals surface area contributed by atoms with Crippen LogP contribution in [0.25, 0.3) is 6.08 Å². The van der Waals surface area contributed by atoms with E-state index in [-0.39, 0.29) is 24.6 Å². The van der Waals surface area contributed by atoms with Crippen molar-refractivity contribution in [3.8, 4) is 5.75 Å². The molecule has 2 rings (SSSR count). The minimum absolute atomic E-state index is 0.0546. The highest BCUT2D eigenvalue weighted by atomic mass is 16.6. The zero-order valence-electron chi connectivity index (χ0n) is 16.2. The number of esters is 1. The molecule has 0 atom stereocenters. The molecule has 28 heavy (non-hydrogen) atoms. The Kier molecular flexibility index (Phi) is 8.33. The molecule has 2 amide bonds. The first-order chi connectivity index (χ1) is 13.5. The number of carbonyl (C=O) groups excluding carboxylic acids is 3. The van der Waals surface area contributed by atoms with E-state index in [0.717, 1.165) is 5.56 Å². The van der Waals surface area contributed by atoms with Crippen molar-refractivity contribution in [2.75, 3.05) is 33.4 Å². The number of piperidine rings is 1. The number of amides is 2. The predicted octanol–water partition coefficient (Wildman–Crippen LogP) is 1.99. The van der Waals surface area contributed by atoms with Gasteiger partial charge in [0.15, 0.2) is 6.61 Å². The van der Waals surface area contributed by atoms with Gasteiger partial charge in [-0.3, -0.25) is 4.79 Å². The molecule has 0 aliphatic carbocycles. The summed E-state index contributed by atoms with van der Waals surface area (Å²) in [6, 6.07) is 7.19. The highest BCUT2D eigenvalue weighted by Gasteiger charge is 2.24. The van der Waals surface area contributed by atoms with Gasteiger partial charge in [0.2, 0.25) is 0 Å². The molecule has 0 radical (unpaired) electrons. The summed E-state index contributed by atoms with van der Waals surface area (Å²) in [5, 5.41) is 2.82. The number of likely N-dealkylation sites (tertiary alicyclic amines) is 1. The van der Waals surface area contributed by atoms with E-state index in [9.17, 15) is 14.4 Å². The lowest BCUT2D eigenvalue weighted by Gasteiger charge is -2.31. The van der Waals surface area contributed by atoms with E-state index < -0.39 is 5.97 Å². The van der Waals surface area contributed by atoms with Crippen LogP contribution in [0.15, 0.2) is 30.3 Å². The predicted molar refractivity (Wildman–Crippen MR) is 103 cm³/mol. The van der Waals surface area contributed by atoms with Crippen LogP contribution in [0.4, 0.5) is 4.79 Å². The van der Waals surface area contributed by atoms with Gasteiger partial charge in [0.05, 0.1) is 13.7 Å². The number of ether oxygens (including phenoxy) is 3. The zero-order valence-corrected chi connectivity index (χ0v) is 16.2. The Hall–Kier alpha value is -3.03. The molecule has 1 saturated heterocycles. The Morgan fingerprint density at radius 1 is 1.18 bits per heavy atom. The molecule has 152 valence electrons. The quantitative estimate of drug-likeness (QED) is 0.565. The average molecular weight is 390 g/mol. The molecule has 1 aliphatic rings. The smallest absolute Gasteiger partial charge is 0.409 e. The Morgan fingerprint density at radius 2 is 1.89 bits per heavy atom. The molecule has 1 fully saturated rings. The minimum atomic E-state index is -0.613. The van der Waals surface area contributed by atoms with Crippen LogP contribution in [0, 0.1) is 0 Å². The van der Waals surface area contributed by atoms with Crippen molar-refractivity contribution in [3.63, 3.8) is 0 Å². The van der Waals surface area contributed by atoms with Gasteiger partial charge in [-0.05, 0) is 31.9 Å². The summed E-state index contributed by atoms with van der Waals surface area (Å²) >= 11 is 0. The van der Waals surface area contributed by atoms with Gasteiger partial charge in [-0.25, -0.2) is 9.59 Å². The largest absolute Gasteiger partial charge is 0.496 e. The van der Waals surface area contributed by atoms with Crippen LogP contribution in [0.3, 0.4) is 0 Å². The first-order valence-corrected chi connectivity index (χ1v) is 9.22. The van der Waals surface area contributed by atoms with E-state index in [1.807, 2.05) is 12.1 Å². The molecule has 8 heteroatoms. The van der Waals surface area contributed by atoms with Crippen molar-refractivity contribution in [3.05, 3.63) is 35.9 Å². The molecule has 0 bridgehead atoms. The monoisotopic (exact) mass is 390 g/mol. The maximum atomic E-state index is 12.0. The second-order valence-electron chi connectivity index (χ2n) is 6.21. The molecule has 0 unspecified atom stereocenters. The van der Waals surface area contributed by atoms with Gasteiger partial charge in [-0.2, -0.15) is 0 Å². The first kappa shape index (κ1) is 21.3. The molecule has 0 saturated carbocycles. The molecule has 1 heterocycles.